The number of aromatic amines is 2. The summed E-state index contributed by atoms with van der Waals surface area (Å²) in [5.41, 5.74) is 0.397. The van der Waals surface area contributed by atoms with Crippen LogP contribution in [-0.2, 0) is 0 Å². The van der Waals surface area contributed by atoms with Crippen LogP contribution in [0.1, 0.15) is 18.5 Å². The first-order valence-corrected chi connectivity index (χ1v) is 9.39. The van der Waals surface area contributed by atoms with Crippen LogP contribution in [0.25, 0.3) is 11.7 Å². The van der Waals surface area contributed by atoms with Crippen LogP contribution in [0.5, 0.6) is 5.88 Å². The summed E-state index contributed by atoms with van der Waals surface area (Å²) in [6.45, 7) is 0. The van der Waals surface area contributed by atoms with Crippen molar-refractivity contribution in [3.8, 4) is 5.88 Å². The van der Waals surface area contributed by atoms with E-state index < -0.39 is 11.5 Å². The number of hydrogen-bond donors (Lipinski definition) is 4. The van der Waals surface area contributed by atoms with Gasteiger partial charge < -0.3 is 15.4 Å². The Balaban J connectivity index is 1.69. The smallest absolute Gasteiger partial charge is 0.326 e. The summed E-state index contributed by atoms with van der Waals surface area (Å²) in [7, 11) is 0. The second-order valence-electron chi connectivity index (χ2n) is 6.78. The number of nitrogens with zero attached hydrogens (tertiary/aromatic N) is 5. The summed E-state index contributed by atoms with van der Waals surface area (Å²) in [6.07, 6.45) is 4.92. The topological polar surface area (TPSA) is 136 Å². The maximum atomic E-state index is 14.2. The van der Waals surface area contributed by atoms with Crippen LogP contribution in [-0.4, -0.2) is 40.7 Å². The average molecular weight is 429 g/mol. The first kappa shape index (κ1) is 18.3. The minimum absolute atomic E-state index is 0.102. The van der Waals surface area contributed by atoms with Crippen LogP contribution in [0.3, 0.4) is 0 Å². The van der Waals surface area contributed by atoms with Crippen molar-refractivity contribution in [3.63, 3.8) is 0 Å². The zero-order valence-electron chi connectivity index (χ0n) is 15.2. The molecule has 0 amide bonds. The standard InChI is InChI=1S/C18H14ClFN8O2/c19-9-1-4-11(20)12(6-9)23-16-25-14-8(5-13-15(29)26-18(30)24-13)7-21-28(14)17(27-16)22-10-2-3-10/h1,4-7,10,29H,2-3H2,(H,22,23,27)(H2,24,26,30)/b8-5+. The lowest BCUT2D eigenvalue weighted by molar-refractivity contribution is 0.454. The molecule has 3 aromatic heterocycles. The normalized spacial score (nSPS) is 15.3. The fraction of sp³-hybridized carbons (Fsp3) is 0.167. The fourth-order valence-corrected chi connectivity index (χ4v) is 3.02. The van der Waals surface area contributed by atoms with Crippen molar-refractivity contribution in [2.24, 2.45) is 4.99 Å². The molecule has 1 aromatic carbocycles. The largest absolute Gasteiger partial charge is 0.493 e. The van der Waals surface area contributed by atoms with E-state index in [1.807, 2.05) is 0 Å². The SMILES string of the molecule is O=c1[nH]c(O)c(/C=c2\cnn3c(=NC4CC4)nc(Nc4cc(Cl)ccc4F)nc23)[nH]1. The van der Waals surface area contributed by atoms with E-state index in [4.69, 9.17) is 11.6 Å². The molecule has 4 aromatic rings. The van der Waals surface area contributed by atoms with Crippen LogP contribution in [0.2, 0.25) is 5.02 Å². The Labute approximate surface area is 171 Å². The van der Waals surface area contributed by atoms with E-state index in [1.165, 1.54) is 35.0 Å². The van der Waals surface area contributed by atoms with E-state index in [0.29, 0.717) is 21.5 Å². The number of aromatic hydroxyl groups is 1. The van der Waals surface area contributed by atoms with Gasteiger partial charge in [-0.25, -0.2) is 14.2 Å². The minimum Gasteiger partial charge on any atom is -0.493 e. The lowest BCUT2D eigenvalue weighted by Crippen LogP contribution is -2.24. The van der Waals surface area contributed by atoms with Gasteiger partial charge >= 0.3 is 5.69 Å². The first-order chi connectivity index (χ1) is 14.5. The Hall–Kier alpha value is -3.73. The monoisotopic (exact) mass is 428 g/mol. The summed E-state index contributed by atoms with van der Waals surface area (Å²) < 4.78 is 15.6. The molecular formula is C18H14ClFN8O2. The summed E-state index contributed by atoms with van der Waals surface area (Å²) in [4.78, 5) is 29.4. The Morgan fingerprint density at radius 2 is 2.17 bits per heavy atom. The van der Waals surface area contributed by atoms with Gasteiger partial charge in [-0.3, -0.25) is 4.98 Å². The highest BCUT2D eigenvalue weighted by Gasteiger charge is 2.21. The van der Waals surface area contributed by atoms with Gasteiger partial charge in [0, 0.05) is 10.2 Å². The maximum Gasteiger partial charge on any atom is 0.326 e. The molecule has 0 atom stereocenters. The maximum absolute atomic E-state index is 14.2. The molecule has 0 saturated heterocycles. The number of anilines is 2. The van der Waals surface area contributed by atoms with Gasteiger partial charge in [-0.1, -0.05) is 11.6 Å². The Kier molecular flexibility index (Phi) is 4.24. The Morgan fingerprint density at radius 1 is 1.33 bits per heavy atom. The first-order valence-electron chi connectivity index (χ1n) is 9.01. The number of benzene rings is 1. The molecule has 3 heterocycles. The third kappa shape index (κ3) is 3.50. The summed E-state index contributed by atoms with van der Waals surface area (Å²) in [5, 5.41) is 17.8. The second-order valence-corrected chi connectivity index (χ2v) is 7.21. The van der Waals surface area contributed by atoms with Crippen molar-refractivity contribution in [1.82, 2.24) is 29.5 Å². The molecule has 5 rings (SSSR count). The molecule has 1 aliphatic carbocycles. The third-order valence-electron chi connectivity index (χ3n) is 4.43. The van der Waals surface area contributed by atoms with Gasteiger partial charge in [0.1, 0.15) is 11.5 Å². The van der Waals surface area contributed by atoms with Crippen molar-refractivity contribution in [1.29, 1.82) is 0 Å². The van der Waals surface area contributed by atoms with Gasteiger partial charge in [0.05, 0.1) is 17.9 Å². The van der Waals surface area contributed by atoms with Crippen molar-refractivity contribution in [2.45, 2.75) is 18.9 Å². The number of halogens is 2. The summed E-state index contributed by atoms with van der Waals surface area (Å²) in [5.74, 6) is -0.723. The van der Waals surface area contributed by atoms with E-state index in [-0.39, 0.29) is 29.3 Å². The van der Waals surface area contributed by atoms with Gasteiger partial charge in [0.25, 0.3) is 5.62 Å². The van der Waals surface area contributed by atoms with Gasteiger partial charge in [0.15, 0.2) is 5.65 Å². The van der Waals surface area contributed by atoms with Gasteiger partial charge in [0.2, 0.25) is 11.8 Å². The highest BCUT2D eigenvalue weighted by Crippen LogP contribution is 2.23. The van der Waals surface area contributed by atoms with Crippen molar-refractivity contribution in [3.05, 3.63) is 62.3 Å². The number of imidazole rings is 1. The third-order valence-corrected chi connectivity index (χ3v) is 4.67. The van der Waals surface area contributed by atoms with Gasteiger partial charge in [-0.05, 0) is 37.1 Å². The van der Waals surface area contributed by atoms with Gasteiger partial charge in [-0.15, -0.1) is 0 Å². The summed E-state index contributed by atoms with van der Waals surface area (Å²) >= 11 is 5.96. The predicted octanol–water partition coefficient (Wildman–Crippen LogP) is 0.993. The Bertz CT molecular complexity index is 1450. The number of hydrogen-bond acceptors (Lipinski definition) is 7. The van der Waals surface area contributed by atoms with Crippen LogP contribution < -0.4 is 21.8 Å². The van der Waals surface area contributed by atoms with Crippen molar-refractivity contribution >= 4 is 35.0 Å². The lowest BCUT2D eigenvalue weighted by Gasteiger charge is -2.07. The van der Waals surface area contributed by atoms with Crippen LogP contribution in [0.4, 0.5) is 16.0 Å². The molecule has 4 N–H and O–H groups in total. The minimum atomic E-state index is -0.548. The van der Waals surface area contributed by atoms with E-state index in [9.17, 15) is 14.3 Å². The average Bonchev–Trinajstić information content (AvgIpc) is 3.34. The molecule has 0 aliphatic heterocycles. The summed E-state index contributed by atoms with van der Waals surface area (Å²) in [6, 6.07) is 4.25. The van der Waals surface area contributed by atoms with E-state index in [2.05, 4.69) is 35.3 Å². The van der Waals surface area contributed by atoms with E-state index in [1.54, 1.807) is 0 Å². The van der Waals surface area contributed by atoms with E-state index in [0.717, 1.165) is 12.8 Å². The number of nitrogens with one attached hydrogen (secondary N) is 3. The molecule has 152 valence electrons. The second kappa shape index (κ2) is 6.95. The molecule has 10 nitrogen and oxygen atoms in total. The highest BCUT2D eigenvalue weighted by molar-refractivity contribution is 6.30. The van der Waals surface area contributed by atoms with Gasteiger partial charge in [-0.2, -0.15) is 19.6 Å². The number of rotatable bonds is 4. The predicted molar refractivity (Wildman–Crippen MR) is 106 cm³/mol. The van der Waals surface area contributed by atoms with Crippen LogP contribution in [0, 0.1) is 5.82 Å². The van der Waals surface area contributed by atoms with Crippen molar-refractivity contribution < 1.29 is 9.50 Å². The molecule has 12 heteroatoms. The molecule has 1 fully saturated rings. The molecular weight excluding hydrogens is 415 g/mol. The molecule has 1 aliphatic rings. The molecule has 0 radical (unpaired) electrons. The highest BCUT2D eigenvalue weighted by atomic mass is 35.5. The molecule has 1 saturated carbocycles. The quantitative estimate of drug-likeness (QED) is 0.382. The molecule has 0 spiro atoms. The number of H-pyrrole nitrogens is 2. The molecule has 0 unspecified atom stereocenters. The van der Waals surface area contributed by atoms with E-state index >= 15 is 0 Å². The fourth-order valence-electron chi connectivity index (χ4n) is 2.85. The lowest BCUT2D eigenvalue weighted by atomic mass is 10.3. The zero-order chi connectivity index (χ0) is 20.8. The Morgan fingerprint density at radius 3 is 2.90 bits per heavy atom. The number of aromatic nitrogens is 6. The van der Waals surface area contributed by atoms with Crippen LogP contribution in [0.15, 0.2) is 34.2 Å². The molecule has 0 bridgehead atoms. The molecule has 30 heavy (non-hydrogen) atoms. The van der Waals surface area contributed by atoms with Crippen LogP contribution >= 0.6 is 11.6 Å². The zero-order valence-corrected chi connectivity index (χ0v) is 16.0. The van der Waals surface area contributed by atoms with Crippen molar-refractivity contribution in [2.75, 3.05) is 5.32 Å². The number of fused-ring (bicyclic) bond motifs is 1.